The fourth-order valence-electron chi connectivity index (χ4n) is 3.95. The van der Waals surface area contributed by atoms with Crippen LogP contribution in [0, 0.1) is 0 Å². The van der Waals surface area contributed by atoms with Gasteiger partial charge in [-0.1, -0.05) is 0 Å². The average molecular weight is 478 g/mol. The van der Waals surface area contributed by atoms with E-state index < -0.39 is 0 Å². The number of thiazole rings is 1. The molecule has 176 valence electrons. The molecule has 0 atom stereocenters. The highest BCUT2D eigenvalue weighted by molar-refractivity contribution is 7.16. The summed E-state index contributed by atoms with van der Waals surface area (Å²) in [7, 11) is 0. The van der Waals surface area contributed by atoms with Gasteiger partial charge in [0, 0.05) is 54.7 Å². The Morgan fingerprint density at radius 3 is 2.65 bits per heavy atom. The maximum absolute atomic E-state index is 13.5. The van der Waals surface area contributed by atoms with Crippen LogP contribution in [0.2, 0.25) is 0 Å². The maximum Gasteiger partial charge on any atom is 0.272 e. The minimum Gasteiger partial charge on any atom is -0.365 e. The van der Waals surface area contributed by atoms with E-state index in [1.807, 2.05) is 16.5 Å². The Bertz CT molecular complexity index is 1290. The monoisotopic (exact) mass is 477 g/mol. The highest BCUT2D eigenvalue weighted by Crippen LogP contribution is 2.27. The number of hydrogen-bond acceptors (Lipinski definition) is 9. The van der Waals surface area contributed by atoms with Crippen molar-refractivity contribution in [3.05, 3.63) is 48.0 Å². The minimum absolute atomic E-state index is 0.0930. The molecule has 5 rings (SSSR count). The van der Waals surface area contributed by atoms with Gasteiger partial charge in [-0.15, -0.1) is 11.3 Å². The van der Waals surface area contributed by atoms with Crippen molar-refractivity contribution in [2.24, 2.45) is 0 Å². The van der Waals surface area contributed by atoms with Crippen molar-refractivity contribution in [3.8, 4) is 11.4 Å². The molecule has 2 N–H and O–H groups in total. The molecule has 0 spiro atoms. The van der Waals surface area contributed by atoms with E-state index >= 15 is 0 Å². The summed E-state index contributed by atoms with van der Waals surface area (Å²) < 4.78 is 1.79. The molecule has 0 saturated carbocycles. The molecule has 0 bridgehead atoms. The summed E-state index contributed by atoms with van der Waals surface area (Å²) in [5.74, 6) is 1.64. The lowest BCUT2D eigenvalue weighted by molar-refractivity contribution is 0.0712. The van der Waals surface area contributed by atoms with Crippen LogP contribution in [-0.2, 0) is 0 Å². The fourth-order valence-corrected chi connectivity index (χ4v) is 4.74. The van der Waals surface area contributed by atoms with Crippen molar-refractivity contribution >= 4 is 33.8 Å². The third-order valence-corrected chi connectivity index (χ3v) is 6.39. The summed E-state index contributed by atoms with van der Waals surface area (Å²) in [5.41, 5.74) is 0.977. The number of likely N-dealkylation sites (tertiary alicyclic amines) is 1. The second-order valence-corrected chi connectivity index (χ2v) is 10.2. The molecule has 4 aromatic rings. The Morgan fingerprint density at radius 2 is 1.91 bits per heavy atom. The summed E-state index contributed by atoms with van der Waals surface area (Å²) in [6.45, 7) is 7.44. The van der Waals surface area contributed by atoms with Crippen LogP contribution in [0.1, 0.15) is 44.1 Å². The molecule has 4 aromatic heterocycles. The third-order valence-electron chi connectivity index (χ3n) is 5.50. The summed E-state index contributed by atoms with van der Waals surface area (Å²) in [5, 5.41) is 13.1. The molecule has 1 fully saturated rings. The van der Waals surface area contributed by atoms with Gasteiger partial charge in [0.2, 0.25) is 5.95 Å². The van der Waals surface area contributed by atoms with Gasteiger partial charge >= 0.3 is 0 Å². The Kier molecular flexibility index (Phi) is 5.86. The van der Waals surface area contributed by atoms with E-state index in [0.717, 1.165) is 23.2 Å². The largest absolute Gasteiger partial charge is 0.365 e. The molecule has 34 heavy (non-hydrogen) atoms. The quantitative estimate of drug-likeness (QED) is 0.449. The Morgan fingerprint density at radius 1 is 1.15 bits per heavy atom. The number of nitrogens with zero attached hydrogens (tertiary/aromatic N) is 7. The zero-order chi connectivity index (χ0) is 23.7. The summed E-state index contributed by atoms with van der Waals surface area (Å²) in [4.78, 5) is 34.1. The zero-order valence-electron chi connectivity index (χ0n) is 19.4. The highest BCUT2D eigenvalue weighted by Gasteiger charge is 2.26. The number of hydrogen-bond donors (Lipinski definition) is 2. The van der Waals surface area contributed by atoms with Crippen LogP contribution in [0.25, 0.3) is 16.2 Å². The normalized spacial score (nSPS) is 15.0. The molecule has 0 aliphatic carbocycles. The molecule has 10 nitrogen and oxygen atoms in total. The van der Waals surface area contributed by atoms with Crippen molar-refractivity contribution in [2.75, 3.05) is 23.7 Å². The van der Waals surface area contributed by atoms with Gasteiger partial charge in [0.25, 0.3) is 5.91 Å². The Labute approximate surface area is 201 Å². The molecular formula is C23H27N9OS. The van der Waals surface area contributed by atoms with Crippen LogP contribution in [0.3, 0.4) is 0 Å². The van der Waals surface area contributed by atoms with Gasteiger partial charge in [-0.05, 0) is 39.7 Å². The number of piperidine rings is 1. The molecular weight excluding hydrogens is 450 g/mol. The van der Waals surface area contributed by atoms with Crippen molar-refractivity contribution in [2.45, 2.75) is 45.2 Å². The average Bonchev–Trinajstić information content (AvgIpc) is 3.43. The van der Waals surface area contributed by atoms with Crippen LogP contribution in [-0.4, -0.2) is 65.0 Å². The molecule has 1 aliphatic heterocycles. The molecule has 1 aliphatic rings. The van der Waals surface area contributed by atoms with Crippen LogP contribution in [0.15, 0.2) is 42.3 Å². The van der Waals surface area contributed by atoms with E-state index in [2.05, 4.69) is 51.5 Å². The van der Waals surface area contributed by atoms with Gasteiger partial charge in [0.15, 0.2) is 5.82 Å². The standard InChI is InChI=1S/C23H27N9OS/c1-23(2,3)30-18-13-17(28-19(29-18)16-14-26-32-11-12-34-21(16)32)20(33)31-9-5-15(6-10-31)27-22-24-7-4-8-25-22/h4,7-8,11-15H,5-6,9-10H2,1-3H3,(H,24,25,27)(H,28,29,30). The van der Waals surface area contributed by atoms with Gasteiger partial charge in [-0.3, -0.25) is 4.79 Å². The second-order valence-electron chi connectivity index (χ2n) is 9.33. The van der Waals surface area contributed by atoms with Gasteiger partial charge in [0.05, 0.1) is 11.8 Å². The summed E-state index contributed by atoms with van der Waals surface area (Å²) in [6, 6.07) is 3.76. The SMILES string of the molecule is CC(C)(C)Nc1cc(C(=O)N2CCC(Nc3ncccn3)CC2)nc(-c2cnn3ccsc23)n1. The van der Waals surface area contributed by atoms with Crippen molar-refractivity contribution in [1.82, 2.24) is 34.4 Å². The van der Waals surface area contributed by atoms with Crippen molar-refractivity contribution in [3.63, 3.8) is 0 Å². The van der Waals surface area contributed by atoms with Gasteiger partial charge in [0.1, 0.15) is 16.3 Å². The number of fused-ring (bicyclic) bond motifs is 1. The van der Waals surface area contributed by atoms with E-state index in [-0.39, 0.29) is 17.5 Å². The first-order valence-electron chi connectivity index (χ1n) is 11.3. The first-order chi connectivity index (χ1) is 16.4. The maximum atomic E-state index is 13.5. The van der Waals surface area contributed by atoms with Gasteiger partial charge < -0.3 is 15.5 Å². The van der Waals surface area contributed by atoms with Gasteiger partial charge in [-0.25, -0.2) is 24.5 Å². The second kappa shape index (κ2) is 8.98. The van der Waals surface area contributed by atoms with Crippen molar-refractivity contribution in [1.29, 1.82) is 0 Å². The number of amides is 1. The van der Waals surface area contributed by atoms with Crippen molar-refractivity contribution < 1.29 is 4.79 Å². The number of nitrogens with one attached hydrogen (secondary N) is 2. The van der Waals surface area contributed by atoms with Crippen LogP contribution < -0.4 is 10.6 Å². The fraction of sp³-hybridized carbons (Fsp3) is 0.391. The lowest BCUT2D eigenvalue weighted by Crippen LogP contribution is -2.43. The van der Waals surface area contributed by atoms with Crippen LogP contribution in [0.4, 0.5) is 11.8 Å². The molecule has 5 heterocycles. The van der Waals surface area contributed by atoms with E-state index in [9.17, 15) is 4.79 Å². The van der Waals surface area contributed by atoms with Crippen LogP contribution in [0.5, 0.6) is 0 Å². The Hall–Kier alpha value is -3.60. The number of carbonyl (C=O) groups excluding carboxylic acids is 1. The number of carbonyl (C=O) groups is 1. The predicted octanol–water partition coefficient (Wildman–Crippen LogP) is 3.57. The van der Waals surface area contributed by atoms with E-state index in [1.54, 1.807) is 46.6 Å². The first-order valence-corrected chi connectivity index (χ1v) is 12.1. The summed E-state index contributed by atoms with van der Waals surface area (Å²) >= 11 is 1.57. The molecule has 0 radical (unpaired) electrons. The predicted molar refractivity (Wildman–Crippen MR) is 132 cm³/mol. The number of rotatable bonds is 5. The lowest BCUT2D eigenvalue weighted by atomic mass is 10.0. The van der Waals surface area contributed by atoms with E-state index in [1.165, 1.54) is 0 Å². The minimum atomic E-state index is -0.216. The Balaban J connectivity index is 1.37. The molecule has 1 saturated heterocycles. The lowest BCUT2D eigenvalue weighted by Gasteiger charge is -2.32. The molecule has 0 aromatic carbocycles. The summed E-state index contributed by atoms with van der Waals surface area (Å²) in [6.07, 6.45) is 8.70. The number of aromatic nitrogens is 6. The molecule has 0 unspecified atom stereocenters. The first kappa shape index (κ1) is 22.2. The topological polar surface area (TPSA) is 113 Å². The zero-order valence-corrected chi connectivity index (χ0v) is 20.2. The highest BCUT2D eigenvalue weighted by atomic mass is 32.1. The van der Waals surface area contributed by atoms with E-state index in [0.29, 0.717) is 36.4 Å². The number of anilines is 2. The van der Waals surface area contributed by atoms with Crippen LogP contribution >= 0.6 is 11.3 Å². The van der Waals surface area contributed by atoms with E-state index in [4.69, 9.17) is 4.98 Å². The molecule has 11 heteroatoms. The third kappa shape index (κ3) is 4.84. The smallest absolute Gasteiger partial charge is 0.272 e. The van der Waals surface area contributed by atoms with Gasteiger partial charge in [-0.2, -0.15) is 5.10 Å². The molecule has 1 amide bonds.